The van der Waals surface area contributed by atoms with Crippen LogP contribution in [0.3, 0.4) is 0 Å². The first-order valence-corrected chi connectivity index (χ1v) is 10.3. The molecule has 2 unspecified atom stereocenters. The highest BCUT2D eigenvalue weighted by molar-refractivity contribution is 5.27. The summed E-state index contributed by atoms with van der Waals surface area (Å²) in [5.41, 5.74) is 2.12. The van der Waals surface area contributed by atoms with Crippen molar-refractivity contribution in [1.29, 1.82) is 0 Å². The van der Waals surface area contributed by atoms with Crippen molar-refractivity contribution < 1.29 is 4.74 Å². The Morgan fingerprint density at radius 1 is 1.08 bits per heavy atom. The molecule has 0 aliphatic carbocycles. The Hall–Kier alpha value is -1.06. The maximum atomic E-state index is 5.27. The molecule has 1 aromatic carbocycles. The van der Waals surface area contributed by atoms with E-state index >= 15 is 0 Å². The summed E-state index contributed by atoms with van der Waals surface area (Å²) in [6.45, 7) is 5.26. The highest BCUT2D eigenvalue weighted by Gasteiger charge is 2.40. The smallest absolute Gasteiger partial charge is 0.118 e. The number of methoxy groups -OCH3 is 1. The summed E-state index contributed by atoms with van der Waals surface area (Å²) in [4.78, 5) is 2.66. The van der Waals surface area contributed by atoms with Crippen LogP contribution in [0.15, 0.2) is 24.3 Å². The van der Waals surface area contributed by atoms with E-state index in [0.717, 1.165) is 17.7 Å². The fourth-order valence-corrected chi connectivity index (χ4v) is 5.36. The van der Waals surface area contributed by atoms with E-state index in [1.165, 1.54) is 83.1 Å². The number of benzene rings is 1. The van der Waals surface area contributed by atoms with E-state index < -0.39 is 0 Å². The van der Waals surface area contributed by atoms with Crippen molar-refractivity contribution in [3.63, 3.8) is 0 Å². The van der Waals surface area contributed by atoms with Crippen LogP contribution in [-0.4, -0.2) is 44.2 Å². The van der Waals surface area contributed by atoms with Gasteiger partial charge in [0.05, 0.1) is 7.11 Å². The average Bonchev–Trinajstić information content (AvgIpc) is 2.88. The standard InChI is InChI=1S/C22H34N2O/c1-25-21-7-5-18(6-8-21)15-19-3-2-4-20(23-17-19)16-22-9-12-24(13-10-22)14-11-22/h5-8,19-20,23H,2-4,9-17H2,1H3. The van der Waals surface area contributed by atoms with Gasteiger partial charge in [0.15, 0.2) is 0 Å². The van der Waals surface area contributed by atoms with Crippen LogP contribution in [0.25, 0.3) is 0 Å². The molecule has 0 radical (unpaired) electrons. The van der Waals surface area contributed by atoms with Crippen molar-refractivity contribution >= 4 is 0 Å². The maximum Gasteiger partial charge on any atom is 0.118 e. The van der Waals surface area contributed by atoms with Crippen LogP contribution in [0.4, 0.5) is 0 Å². The topological polar surface area (TPSA) is 24.5 Å². The second-order valence-electron chi connectivity index (χ2n) is 8.75. The monoisotopic (exact) mass is 342 g/mol. The van der Waals surface area contributed by atoms with Gasteiger partial charge in [0.1, 0.15) is 5.75 Å². The molecule has 2 atom stereocenters. The number of nitrogens with zero attached hydrogens (tertiary/aromatic N) is 1. The van der Waals surface area contributed by atoms with Gasteiger partial charge in [-0.3, -0.25) is 0 Å². The van der Waals surface area contributed by atoms with Gasteiger partial charge in [0, 0.05) is 6.04 Å². The molecule has 138 valence electrons. The second-order valence-corrected chi connectivity index (χ2v) is 8.75. The van der Waals surface area contributed by atoms with Gasteiger partial charge in [-0.1, -0.05) is 18.6 Å². The molecule has 5 rings (SSSR count). The number of nitrogens with one attached hydrogen (secondary N) is 1. The van der Waals surface area contributed by atoms with Crippen molar-refractivity contribution in [2.75, 3.05) is 33.3 Å². The van der Waals surface area contributed by atoms with Gasteiger partial charge in [-0.25, -0.2) is 0 Å². The summed E-state index contributed by atoms with van der Waals surface area (Å²) in [7, 11) is 1.74. The highest BCUT2D eigenvalue weighted by Crippen LogP contribution is 2.44. The molecule has 0 saturated carbocycles. The van der Waals surface area contributed by atoms with Crippen LogP contribution in [0.5, 0.6) is 5.75 Å². The lowest BCUT2D eigenvalue weighted by Gasteiger charge is -2.50. The maximum absolute atomic E-state index is 5.27. The molecule has 4 aliphatic rings. The SMILES string of the molecule is COc1ccc(CC2CCCC(CC34CCN(CC3)CC4)NC2)cc1. The summed E-state index contributed by atoms with van der Waals surface area (Å²) in [6.07, 6.45) is 11.1. The third-order valence-electron chi connectivity index (χ3n) is 7.10. The van der Waals surface area contributed by atoms with Crippen LogP contribution in [-0.2, 0) is 6.42 Å². The summed E-state index contributed by atoms with van der Waals surface area (Å²) in [5.74, 6) is 1.74. The molecular formula is C22H34N2O. The number of hydrogen-bond donors (Lipinski definition) is 1. The Kier molecular flexibility index (Phi) is 5.33. The van der Waals surface area contributed by atoms with Gasteiger partial charge >= 0.3 is 0 Å². The first-order chi connectivity index (χ1) is 12.2. The molecule has 4 aliphatic heterocycles. The van der Waals surface area contributed by atoms with Gasteiger partial charge < -0.3 is 15.0 Å². The van der Waals surface area contributed by atoms with E-state index in [1.54, 1.807) is 7.11 Å². The molecule has 4 saturated heterocycles. The molecular weight excluding hydrogens is 308 g/mol. The highest BCUT2D eigenvalue weighted by atomic mass is 16.5. The largest absolute Gasteiger partial charge is 0.497 e. The van der Waals surface area contributed by atoms with Crippen LogP contribution in [0, 0.1) is 11.3 Å². The zero-order chi connectivity index (χ0) is 17.1. The van der Waals surface area contributed by atoms with E-state index in [2.05, 4.69) is 34.5 Å². The Morgan fingerprint density at radius 2 is 1.80 bits per heavy atom. The minimum absolute atomic E-state index is 0.669. The van der Waals surface area contributed by atoms with Gasteiger partial charge in [-0.15, -0.1) is 0 Å². The summed E-state index contributed by atoms with van der Waals surface area (Å²) in [6, 6.07) is 9.41. The summed E-state index contributed by atoms with van der Waals surface area (Å²) in [5, 5.41) is 3.96. The number of fused-ring (bicyclic) bond motifs is 3. The Balaban J connectivity index is 1.29. The third kappa shape index (κ3) is 4.20. The number of hydrogen-bond acceptors (Lipinski definition) is 3. The Morgan fingerprint density at radius 3 is 2.48 bits per heavy atom. The normalized spacial score (nSPS) is 35.3. The third-order valence-corrected chi connectivity index (χ3v) is 7.10. The fraction of sp³-hybridized carbons (Fsp3) is 0.727. The quantitative estimate of drug-likeness (QED) is 0.879. The van der Waals surface area contributed by atoms with E-state index in [1.807, 2.05) is 0 Å². The van der Waals surface area contributed by atoms with Crippen molar-refractivity contribution in [3.8, 4) is 5.75 Å². The van der Waals surface area contributed by atoms with Gasteiger partial charge in [-0.05, 0) is 100 Å². The van der Waals surface area contributed by atoms with Gasteiger partial charge in [-0.2, -0.15) is 0 Å². The molecule has 3 nitrogen and oxygen atoms in total. The molecule has 3 heteroatoms. The molecule has 0 spiro atoms. The second kappa shape index (κ2) is 7.67. The van der Waals surface area contributed by atoms with E-state index in [-0.39, 0.29) is 0 Å². The molecule has 0 amide bonds. The van der Waals surface area contributed by atoms with Crippen LogP contribution < -0.4 is 10.1 Å². The van der Waals surface area contributed by atoms with Crippen molar-refractivity contribution in [2.45, 2.75) is 57.4 Å². The lowest BCUT2D eigenvalue weighted by Crippen LogP contribution is -2.50. The van der Waals surface area contributed by atoms with Gasteiger partial charge in [0.2, 0.25) is 0 Å². The lowest BCUT2D eigenvalue weighted by atomic mass is 9.68. The average molecular weight is 343 g/mol. The number of piperidine rings is 3. The molecule has 25 heavy (non-hydrogen) atoms. The summed E-state index contributed by atoms with van der Waals surface area (Å²) >= 11 is 0. The lowest BCUT2D eigenvalue weighted by molar-refractivity contribution is 0.0120. The summed E-state index contributed by atoms with van der Waals surface area (Å²) < 4.78 is 5.27. The molecule has 2 bridgehead atoms. The van der Waals surface area contributed by atoms with Crippen molar-refractivity contribution in [2.24, 2.45) is 11.3 Å². The molecule has 1 aromatic rings. The minimum atomic E-state index is 0.669. The van der Waals surface area contributed by atoms with E-state index in [4.69, 9.17) is 4.74 Å². The van der Waals surface area contributed by atoms with Crippen molar-refractivity contribution in [3.05, 3.63) is 29.8 Å². The zero-order valence-corrected chi connectivity index (χ0v) is 15.8. The number of rotatable bonds is 5. The first kappa shape index (κ1) is 17.4. The molecule has 4 fully saturated rings. The van der Waals surface area contributed by atoms with Crippen LogP contribution in [0.1, 0.15) is 50.5 Å². The minimum Gasteiger partial charge on any atom is -0.497 e. The zero-order valence-electron chi connectivity index (χ0n) is 15.8. The fourth-order valence-electron chi connectivity index (χ4n) is 5.36. The van der Waals surface area contributed by atoms with E-state index in [9.17, 15) is 0 Å². The Bertz CT molecular complexity index is 534. The Labute approximate surface area is 153 Å². The van der Waals surface area contributed by atoms with Gasteiger partial charge in [0.25, 0.3) is 0 Å². The van der Waals surface area contributed by atoms with Crippen LogP contribution >= 0.6 is 0 Å². The molecule has 4 heterocycles. The molecule has 0 aromatic heterocycles. The molecule has 1 N–H and O–H groups in total. The predicted molar refractivity (Wildman–Crippen MR) is 103 cm³/mol. The first-order valence-electron chi connectivity index (χ1n) is 10.3. The predicted octanol–water partition coefficient (Wildman–Crippen LogP) is 3.87. The van der Waals surface area contributed by atoms with E-state index in [0.29, 0.717) is 5.41 Å². The van der Waals surface area contributed by atoms with Crippen molar-refractivity contribution in [1.82, 2.24) is 10.2 Å². The number of ether oxygens (including phenoxy) is 1. The van der Waals surface area contributed by atoms with Crippen LogP contribution in [0.2, 0.25) is 0 Å².